The maximum absolute atomic E-state index is 12.7. The Bertz CT molecular complexity index is 520. The molecule has 0 amide bonds. The molecule has 2 heterocycles. The Hall–Kier alpha value is -1.15. The summed E-state index contributed by atoms with van der Waals surface area (Å²) in [7, 11) is 1.59. The smallest absolute Gasteiger partial charge is 0.379 e. The predicted molar refractivity (Wildman–Crippen MR) is 70.0 cm³/mol. The van der Waals surface area contributed by atoms with Crippen molar-refractivity contribution < 1.29 is 32.1 Å². The zero-order valence-electron chi connectivity index (χ0n) is 12.0. The summed E-state index contributed by atoms with van der Waals surface area (Å²) in [6.45, 7) is 0.519. The topological polar surface area (TPSA) is 36.9 Å². The molecular weight excluding hydrogens is 301 g/mol. The zero-order chi connectivity index (χ0) is 15.7. The van der Waals surface area contributed by atoms with Gasteiger partial charge in [0.15, 0.2) is 6.29 Å². The van der Waals surface area contributed by atoms with Crippen LogP contribution in [-0.2, 0) is 31.7 Å². The van der Waals surface area contributed by atoms with Crippen molar-refractivity contribution >= 4 is 0 Å². The van der Waals surface area contributed by atoms with Crippen LogP contribution >= 0.6 is 0 Å². The van der Waals surface area contributed by atoms with E-state index in [1.807, 2.05) is 0 Å². The summed E-state index contributed by atoms with van der Waals surface area (Å²) >= 11 is 0. The summed E-state index contributed by atoms with van der Waals surface area (Å²) in [6, 6.07) is 5.11. The van der Waals surface area contributed by atoms with Crippen LogP contribution in [0.1, 0.15) is 17.5 Å². The van der Waals surface area contributed by atoms with Crippen molar-refractivity contribution in [2.45, 2.75) is 43.8 Å². The van der Waals surface area contributed by atoms with Gasteiger partial charge in [-0.2, -0.15) is 13.2 Å². The lowest BCUT2D eigenvalue weighted by Gasteiger charge is -2.32. The molecule has 2 fully saturated rings. The molecule has 0 aliphatic carbocycles. The van der Waals surface area contributed by atoms with Gasteiger partial charge in [0.1, 0.15) is 12.2 Å². The second-order valence-corrected chi connectivity index (χ2v) is 5.43. The summed E-state index contributed by atoms with van der Waals surface area (Å²) in [5.74, 6) is 0. The number of hydrogen-bond acceptors (Lipinski definition) is 4. The van der Waals surface area contributed by atoms with E-state index in [-0.39, 0.29) is 24.9 Å². The highest BCUT2D eigenvalue weighted by Crippen LogP contribution is 2.32. The van der Waals surface area contributed by atoms with Crippen LogP contribution in [0.2, 0.25) is 0 Å². The lowest BCUT2D eigenvalue weighted by atomic mass is 10.0. The van der Waals surface area contributed by atoms with E-state index in [2.05, 4.69) is 0 Å². The number of ether oxygens (including phenoxy) is 4. The standard InChI is InChI=1S/C15H17F3O4/c1-19-11-6-12(14-21-8-13(11)22-14)20-7-9-3-2-4-10(5-9)15(16,17)18/h2-5,11-14H,6-8H2,1H3. The van der Waals surface area contributed by atoms with Gasteiger partial charge in [0.05, 0.1) is 24.9 Å². The van der Waals surface area contributed by atoms with E-state index >= 15 is 0 Å². The van der Waals surface area contributed by atoms with E-state index in [4.69, 9.17) is 18.9 Å². The molecule has 2 aliphatic heterocycles. The number of rotatable bonds is 4. The van der Waals surface area contributed by atoms with Crippen molar-refractivity contribution in [3.63, 3.8) is 0 Å². The van der Waals surface area contributed by atoms with Gasteiger partial charge in [-0.3, -0.25) is 0 Å². The van der Waals surface area contributed by atoms with Crippen LogP contribution in [0.5, 0.6) is 0 Å². The zero-order valence-corrected chi connectivity index (χ0v) is 12.0. The van der Waals surface area contributed by atoms with Gasteiger partial charge in [-0.25, -0.2) is 0 Å². The first-order chi connectivity index (χ1) is 10.5. The van der Waals surface area contributed by atoms with E-state index in [1.54, 1.807) is 13.2 Å². The molecule has 1 aromatic carbocycles. The summed E-state index contributed by atoms with van der Waals surface area (Å²) in [4.78, 5) is 0. The lowest BCUT2D eigenvalue weighted by Crippen LogP contribution is -2.44. The maximum Gasteiger partial charge on any atom is 0.416 e. The van der Waals surface area contributed by atoms with Crippen LogP contribution in [-0.4, -0.2) is 38.3 Å². The van der Waals surface area contributed by atoms with E-state index in [0.717, 1.165) is 12.1 Å². The van der Waals surface area contributed by atoms with Crippen LogP contribution in [0.25, 0.3) is 0 Å². The number of hydrogen-bond donors (Lipinski definition) is 0. The molecule has 4 atom stereocenters. The van der Waals surface area contributed by atoms with Gasteiger partial charge in [-0.1, -0.05) is 12.1 Å². The van der Waals surface area contributed by atoms with Crippen molar-refractivity contribution in [3.8, 4) is 0 Å². The van der Waals surface area contributed by atoms with E-state index in [9.17, 15) is 13.2 Å². The normalized spacial score (nSPS) is 31.5. The molecule has 7 heteroatoms. The van der Waals surface area contributed by atoms with Gasteiger partial charge >= 0.3 is 6.18 Å². The lowest BCUT2D eigenvalue weighted by molar-refractivity contribution is -0.205. The van der Waals surface area contributed by atoms with Crippen molar-refractivity contribution in [3.05, 3.63) is 35.4 Å². The SMILES string of the molecule is COC1CC(OCc2cccc(C(F)(F)F)c2)C2OCC1O2. The Morgan fingerprint density at radius 1 is 1.27 bits per heavy atom. The second kappa shape index (κ2) is 6.16. The predicted octanol–water partition coefficient (Wildman–Crippen LogP) is 2.75. The highest BCUT2D eigenvalue weighted by molar-refractivity contribution is 5.25. The number of fused-ring (bicyclic) bond motifs is 2. The molecule has 1 aromatic rings. The molecule has 0 N–H and O–H groups in total. The average molecular weight is 318 g/mol. The van der Waals surface area contributed by atoms with Gasteiger partial charge in [-0.15, -0.1) is 0 Å². The number of benzene rings is 1. The van der Waals surface area contributed by atoms with Crippen LogP contribution in [0.4, 0.5) is 13.2 Å². The molecule has 4 unspecified atom stereocenters. The van der Waals surface area contributed by atoms with Crippen LogP contribution in [0.3, 0.4) is 0 Å². The molecule has 0 saturated carbocycles. The molecule has 0 radical (unpaired) electrons. The summed E-state index contributed by atoms with van der Waals surface area (Å²) < 4.78 is 60.2. The Kier molecular flexibility index (Phi) is 4.40. The Morgan fingerprint density at radius 2 is 2.09 bits per heavy atom. The minimum Gasteiger partial charge on any atom is -0.379 e. The molecule has 22 heavy (non-hydrogen) atoms. The van der Waals surface area contributed by atoms with Gasteiger partial charge < -0.3 is 18.9 Å². The number of alkyl halides is 3. The van der Waals surface area contributed by atoms with Gasteiger partial charge in [-0.05, 0) is 17.7 Å². The number of methoxy groups -OCH3 is 1. The highest BCUT2D eigenvalue weighted by atomic mass is 19.4. The highest BCUT2D eigenvalue weighted by Gasteiger charge is 2.44. The minimum atomic E-state index is -4.35. The number of halogens is 3. The molecule has 2 aliphatic rings. The monoisotopic (exact) mass is 318 g/mol. The molecule has 2 bridgehead atoms. The van der Waals surface area contributed by atoms with E-state index in [1.165, 1.54) is 6.07 Å². The third kappa shape index (κ3) is 3.27. The fourth-order valence-corrected chi connectivity index (χ4v) is 2.76. The van der Waals surface area contributed by atoms with Gasteiger partial charge in [0.2, 0.25) is 0 Å². The second-order valence-electron chi connectivity index (χ2n) is 5.43. The van der Waals surface area contributed by atoms with Gasteiger partial charge in [0.25, 0.3) is 0 Å². The third-order valence-electron chi connectivity index (χ3n) is 3.94. The fourth-order valence-electron chi connectivity index (χ4n) is 2.76. The first-order valence-electron chi connectivity index (χ1n) is 7.05. The Labute approximate surface area is 126 Å². The maximum atomic E-state index is 12.7. The Balaban J connectivity index is 1.63. The van der Waals surface area contributed by atoms with E-state index < -0.39 is 18.0 Å². The van der Waals surface area contributed by atoms with Crippen LogP contribution < -0.4 is 0 Å². The van der Waals surface area contributed by atoms with Crippen LogP contribution in [0.15, 0.2) is 24.3 Å². The molecule has 4 nitrogen and oxygen atoms in total. The van der Waals surface area contributed by atoms with Crippen molar-refractivity contribution in [1.82, 2.24) is 0 Å². The summed E-state index contributed by atoms with van der Waals surface area (Å²) in [5.41, 5.74) is -0.218. The molecule has 2 saturated heterocycles. The summed E-state index contributed by atoms with van der Waals surface area (Å²) in [5, 5.41) is 0. The summed E-state index contributed by atoms with van der Waals surface area (Å²) in [6.07, 6.45) is -4.79. The fraction of sp³-hybridized carbons (Fsp3) is 0.600. The minimum absolute atomic E-state index is 0.0684. The van der Waals surface area contributed by atoms with Crippen LogP contribution in [0, 0.1) is 0 Å². The quantitative estimate of drug-likeness (QED) is 0.855. The van der Waals surface area contributed by atoms with Crippen molar-refractivity contribution in [1.29, 1.82) is 0 Å². The Morgan fingerprint density at radius 3 is 2.82 bits per heavy atom. The molecular formula is C15H17F3O4. The first-order valence-corrected chi connectivity index (χ1v) is 7.05. The molecule has 0 spiro atoms. The molecule has 0 aromatic heterocycles. The van der Waals surface area contributed by atoms with Crippen molar-refractivity contribution in [2.24, 2.45) is 0 Å². The van der Waals surface area contributed by atoms with Crippen molar-refractivity contribution in [2.75, 3.05) is 13.7 Å². The van der Waals surface area contributed by atoms with E-state index in [0.29, 0.717) is 18.6 Å². The third-order valence-corrected chi connectivity index (χ3v) is 3.94. The molecule has 3 rings (SSSR count). The molecule has 122 valence electrons. The first kappa shape index (κ1) is 15.7. The van der Waals surface area contributed by atoms with Gasteiger partial charge in [0, 0.05) is 13.5 Å². The average Bonchev–Trinajstić information content (AvgIpc) is 2.91. The largest absolute Gasteiger partial charge is 0.416 e.